The van der Waals surface area contributed by atoms with Gasteiger partial charge >= 0.3 is 0 Å². The summed E-state index contributed by atoms with van der Waals surface area (Å²) in [7, 11) is 1.66. The van der Waals surface area contributed by atoms with Crippen LogP contribution in [-0.4, -0.2) is 63.2 Å². The molecule has 0 bridgehead atoms. The van der Waals surface area contributed by atoms with Crippen LogP contribution in [0.15, 0.2) is 48.5 Å². The van der Waals surface area contributed by atoms with Crippen molar-refractivity contribution in [3.05, 3.63) is 48.5 Å². The molecule has 2 aromatic heterocycles. The van der Waals surface area contributed by atoms with Crippen LogP contribution in [0.5, 0.6) is 5.75 Å². The van der Waals surface area contributed by atoms with Crippen molar-refractivity contribution in [3.63, 3.8) is 0 Å². The lowest BCUT2D eigenvalue weighted by molar-refractivity contribution is -0.134. The zero-order chi connectivity index (χ0) is 22.5. The molecule has 1 aliphatic carbocycles. The molecule has 168 valence electrons. The molecule has 3 heterocycles. The molecule has 33 heavy (non-hydrogen) atoms. The minimum Gasteiger partial charge on any atom is -0.497 e. The van der Waals surface area contributed by atoms with Gasteiger partial charge in [-0.05, 0) is 44.0 Å². The molecule has 1 saturated heterocycles. The molecule has 6 rings (SSSR count). The number of nitrogens with zero attached hydrogens (tertiary/aromatic N) is 6. The maximum atomic E-state index is 12.7. The Bertz CT molecular complexity index is 1360. The summed E-state index contributed by atoms with van der Waals surface area (Å²) in [5.41, 5.74) is 2.57. The van der Waals surface area contributed by atoms with Gasteiger partial charge in [0.2, 0.25) is 11.9 Å². The lowest BCUT2D eigenvalue weighted by atomic mass is 10.1. The first-order valence-corrected chi connectivity index (χ1v) is 11.5. The van der Waals surface area contributed by atoms with Crippen LogP contribution >= 0.6 is 0 Å². The number of piperazine rings is 1. The molecular formula is C25H26N6O2. The summed E-state index contributed by atoms with van der Waals surface area (Å²) < 4.78 is 7.48. The van der Waals surface area contributed by atoms with Gasteiger partial charge in [-0.1, -0.05) is 24.3 Å². The fourth-order valence-electron chi connectivity index (χ4n) is 4.76. The van der Waals surface area contributed by atoms with E-state index in [2.05, 4.69) is 22.0 Å². The Morgan fingerprint density at radius 1 is 1.06 bits per heavy atom. The second-order valence-corrected chi connectivity index (χ2v) is 8.94. The number of para-hydroxylation sites is 1. The molecule has 0 spiro atoms. The lowest BCUT2D eigenvalue weighted by Crippen LogP contribution is -2.55. The van der Waals surface area contributed by atoms with E-state index < -0.39 is 0 Å². The fourth-order valence-corrected chi connectivity index (χ4v) is 4.76. The van der Waals surface area contributed by atoms with Crippen molar-refractivity contribution in [1.29, 1.82) is 0 Å². The summed E-state index contributed by atoms with van der Waals surface area (Å²) in [4.78, 5) is 22.1. The highest BCUT2D eigenvalue weighted by Gasteiger charge is 2.38. The van der Waals surface area contributed by atoms with Crippen LogP contribution in [0.2, 0.25) is 0 Å². The smallest absolute Gasteiger partial charge is 0.226 e. The van der Waals surface area contributed by atoms with E-state index >= 15 is 0 Å². The van der Waals surface area contributed by atoms with Crippen molar-refractivity contribution in [2.45, 2.75) is 25.8 Å². The van der Waals surface area contributed by atoms with Crippen molar-refractivity contribution in [3.8, 4) is 17.1 Å². The van der Waals surface area contributed by atoms with Gasteiger partial charge in [0.05, 0.1) is 12.6 Å². The van der Waals surface area contributed by atoms with E-state index in [9.17, 15) is 4.79 Å². The number of amides is 1. The van der Waals surface area contributed by atoms with E-state index in [1.54, 1.807) is 7.11 Å². The van der Waals surface area contributed by atoms with Crippen LogP contribution in [0.25, 0.3) is 27.9 Å². The van der Waals surface area contributed by atoms with Crippen LogP contribution in [-0.2, 0) is 4.79 Å². The van der Waals surface area contributed by atoms with E-state index in [1.165, 1.54) is 0 Å². The standard InChI is InChI=1S/C25H26N6O2/c1-16-15-29(12-13-30(16)24(32)17-10-11-17)25-26-21-9-4-3-8-20(21)23-28-27-22(31(23)25)18-6-5-7-19(14-18)33-2/h3-9,14,16-17H,10-13,15H2,1-2H3/t16-/m0/s1. The van der Waals surface area contributed by atoms with Gasteiger partial charge in [-0.3, -0.25) is 4.79 Å². The molecule has 8 nitrogen and oxygen atoms in total. The number of fused-ring (bicyclic) bond motifs is 3. The first-order valence-electron chi connectivity index (χ1n) is 11.5. The molecule has 2 aromatic carbocycles. The minimum absolute atomic E-state index is 0.118. The number of carbonyl (C=O) groups is 1. The average molecular weight is 443 g/mol. The van der Waals surface area contributed by atoms with Gasteiger partial charge in [0.25, 0.3) is 0 Å². The Labute approximate surface area is 191 Å². The maximum Gasteiger partial charge on any atom is 0.226 e. The molecule has 1 aliphatic heterocycles. The number of benzene rings is 2. The second-order valence-electron chi connectivity index (χ2n) is 8.94. The van der Waals surface area contributed by atoms with Crippen LogP contribution in [0.4, 0.5) is 5.95 Å². The number of hydrogen-bond acceptors (Lipinski definition) is 6. The van der Waals surface area contributed by atoms with Crippen molar-refractivity contribution in [1.82, 2.24) is 24.5 Å². The third-order valence-corrected chi connectivity index (χ3v) is 6.68. The zero-order valence-corrected chi connectivity index (χ0v) is 18.8. The maximum absolute atomic E-state index is 12.7. The predicted octanol–water partition coefficient (Wildman–Crippen LogP) is 3.40. The van der Waals surface area contributed by atoms with Gasteiger partial charge in [0.15, 0.2) is 11.5 Å². The Hall–Kier alpha value is -3.68. The highest BCUT2D eigenvalue weighted by atomic mass is 16.5. The number of carbonyl (C=O) groups excluding carboxylic acids is 1. The summed E-state index contributed by atoms with van der Waals surface area (Å²) >= 11 is 0. The number of methoxy groups -OCH3 is 1. The van der Waals surface area contributed by atoms with Gasteiger partial charge in [-0.2, -0.15) is 0 Å². The van der Waals surface area contributed by atoms with Gasteiger partial charge in [-0.25, -0.2) is 9.38 Å². The molecular weight excluding hydrogens is 416 g/mol. The topological polar surface area (TPSA) is 75.9 Å². The van der Waals surface area contributed by atoms with Crippen molar-refractivity contribution >= 4 is 28.4 Å². The normalized spacial score (nSPS) is 18.8. The molecule has 1 atom stereocenters. The van der Waals surface area contributed by atoms with Crippen LogP contribution in [0.3, 0.4) is 0 Å². The Morgan fingerprint density at radius 3 is 2.70 bits per heavy atom. The van der Waals surface area contributed by atoms with Crippen molar-refractivity contribution in [2.24, 2.45) is 5.92 Å². The van der Waals surface area contributed by atoms with Gasteiger partial charge in [-0.15, -0.1) is 10.2 Å². The molecule has 0 radical (unpaired) electrons. The monoisotopic (exact) mass is 442 g/mol. The number of rotatable bonds is 4. The van der Waals surface area contributed by atoms with Crippen LogP contribution < -0.4 is 9.64 Å². The summed E-state index contributed by atoms with van der Waals surface area (Å²) in [5, 5.41) is 10.1. The van der Waals surface area contributed by atoms with E-state index in [1.807, 2.05) is 57.8 Å². The summed E-state index contributed by atoms with van der Waals surface area (Å²) in [5.74, 6) is 2.83. The summed E-state index contributed by atoms with van der Waals surface area (Å²) in [6, 6.07) is 16.0. The van der Waals surface area contributed by atoms with Gasteiger partial charge < -0.3 is 14.5 Å². The summed E-state index contributed by atoms with van der Waals surface area (Å²) in [6.07, 6.45) is 2.06. The average Bonchev–Trinajstić information content (AvgIpc) is 3.61. The largest absolute Gasteiger partial charge is 0.497 e. The van der Waals surface area contributed by atoms with Gasteiger partial charge in [0.1, 0.15) is 5.75 Å². The summed E-state index contributed by atoms with van der Waals surface area (Å²) in [6.45, 7) is 4.26. The van der Waals surface area contributed by atoms with Crippen molar-refractivity contribution < 1.29 is 9.53 Å². The van der Waals surface area contributed by atoms with Gasteiger partial charge in [0, 0.05) is 42.5 Å². The lowest BCUT2D eigenvalue weighted by Gasteiger charge is -2.40. The molecule has 4 aromatic rings. The highest BCUT2D eigenvalue weighted by molar-refractivity contribution is 5.93. The molecule has 2 fully saturated rings. The zero-order valence-electron chi connectivity index (χ0n) is 18.8. The minimum atomic E-state index is 0.118. The highest BCUT2D eigenvalue weighted by Crippen LogP contribution is 2.34. The number of ether oxygens (including phenoxy) is 1. The molecule has 8 heteroatoms. The fraction of sp³-hybridized carbons (Fsp3) is 0.360. The van der Waals surface area contributed by atoms with E-state index in [0.29, 0.717) is 19.0 Å². The number of anilines is 1. The molecule has 1 amide bonds. The first-order chi connectivity index (χ1) is 16.1. The predicted molar refractivity (Wildman–Crippen MR) is 126 cm³/mol. The van der Waals surface area contributed by atoms with Crippen LogP contribution in [0.1, 0.15) is 19.8 Å². The van der Waals surface area contributed by atoms with Crippen molar-refractivity contribution in [2.75, 3.05) is 31.6 Å². The molecule has 2 aliphatic rings. The third-order valence-electron chi connectivity index (χ3n) is 6.68. The molecule has 0 unspecified atom stereocenters. The SMILES string of the molecule is COc1cccc(-c2nnc3c4ccccc4nc(N4CCN(C(=O)C5CC5)[C@@H](C)C4)n23)c1. The third kappa shape index (κ3) is 3.37. The Kier molecular flexibility index (Phi) is 4.67. The molecule has 0 N–H and O–H groups in total. The second kappa shape index (κ2) is 7.72. The number of hydrogen-bond donors (Lipinski definition) is 0. The first kappa shape index (κ1) is 20.0. The Balaban J connectivity index is 1.47. The quantitative estimate of drug-likeness (QED) is 0.482. The van der Waals surface area contributed by atoms with E-state index in [0.717, 1.165) is 59.0 Å². The Morgan fingerprint density at radius 2 is 1.91 bits per heavy atom. The van der Waals surface area contributed by atoms with E-state index in [-0.39, 0.29) is 12.0 Å². The van der Waals surface area contributed by atoms with E-state index in [4.69, 9.17) is 9.72 Å². The molecule has 1 saturated carbocycles. The van der Waals surface area contributed by atoms with Crippen LogP contribution in [0, 0.1) is 5.92 Å². The number of aromatic nitrogens is 4.